The van der Waals surface area contributed by atoms with Crippen molar-refractivity contribution >= 4 is 0 Å². The zero-order valence-corrected chi connectivity index (χ0v) is 19.5. The molecule has 0 saturated heterocycles. The van der Waals surface area contributed by atoms with Crippen molar-refractivity contribution < 1.29 is 10.2 Å². The highest BCUT2D eigenvalue weighted by Crippen LogP contribution is 2.23. The van der Waals surface area contributed by atoms with Gasteiger partial charge in [-0.25, -0.2) is 0 Å². The van der Waals surface area contributed by atoms with Crippen molar-refractivity contribution in [3.63, 3.8) is 0 Å². The molecule has 0 unspecified atom stereocenters. The van der Waals surface area contributed by atoms with E-state index in [-0.39, 0.29) is 0 Å². The lowest BCUT2D eigenvalue weighted by molar-refractivity contribution is 0.462. The van der Waals surface area contributed by atoms with Gasteiger partial charge in [-0.15, -0.1) is 0 Å². The molecule has 0 amide bonds. The average molecular weight is 407 g/mol. The average Bonchev–Trinajstić information content (AvgIpc) is 2.77. The number of hydrogen-bond acceptors (Lipinski definition) is 2. The summed E-state index contributed by atoms with van der Waals surface area (Å²) < 4.78 is 0. The zero-order valence-electron chi connectivity index (χ0n) is 19.5. The summed E-state index contributed by atoms with van der Waals surface area (Å²) in [5, 5.41) is 19.2. The number of hydrogen-bond donors (Lipinski definition) is 2. The van der Waals surface area contributed by atoms with E-state index in [4.69, 9.17) is 0 Å². The molecule has 2 nitrogen and oxygen atoms in total. The second kappa shape index (κ2) is 13.5. The minimum atomic E-state index is 0.484. The van der Waals surface area contributed by atoms with Crippen LogP contribution in [0.4, 0.5) is 0 Å². The normalized spacial score (nSPS) is 9.80. The lowest BCUT2D eigenvalue weighted by atomic mass is 10.1. The predicted molar refractivity (Wildman–Crippen MR) is 130 cm³/mol. The van der Waals surface area contributed by atoms with Crippen molar-refractivity contribution in [3.8, 4) is 11.5 Å². The fraction of sp³-hybridized carbons (Fsp3) is 0.357. The molecule has 0 aliphatic rings. The minimum absolute atomic E-state index is 0.484. The Hall–Kier alpha value is -2.74. The van der Waals surface area contributed by atoms with Gasteiger partial charge in [-0.3, -0.25) is 0 Å². The van der Waals surface area contributed by atoms with Crippen LogP contribution in [0, 0.1) is 13.8 Å². The third kappa shape index (κ3) is 7.94. The highest BCUT2D eigenvalue weighted by Gasteiger charge is 2.02. The molecule has 0 aliphatic carbocycles. The van der Waals surface area contributed by atoms with Gasteiger partial charge in [0.1, 0.15) is 11.5 Å². The number of phenolic OH excluding ortho intramolecular Hbond substituents is 2. The Morgan fingerprint density at radius 2 is 0.700 bits per heavy atom. The van der Waals surface area contributed by atoms with E-state index in [2.05, 4.69) is 65.8 Å². The van der Waals surface area contributed by atoms with E-state index in [9.17, 15) is 10.2 Å². The molecule has 3 aromatic rings. The molecule has 3 rings (SSSR count). The maximum Gasteiger partial charge on any atom is 0.121 e. The summed E-state index contributed by atoms with van der Waals surface area (Å²) in [7, 11) is 0. The standard InChI is InChI=1S/2C10H14O.C8H10/c2*1-3-8-6-5-7-9(4-2)10(8)11;1-7-3-5-8(2)6-4-7/h2*5-7,11H,3-4H2,1-2H3;3-6H,1-2H3. The summed E-state index contributed by atoms with van der Waals surface area (Å²) in [5.41, 5.74) is 6.84. The van der Waals surface area contributed by atoms with Gasteiger partial charge >= 0.3 is 0 Å². The first kappa shape index (κ1) is 25.3. The van der Waals surface area contributed by atoms with Crippen LogP contribution in [-0.4, -0.2) is 10.2 Å². The van der Waals surface area contributed by atoms with Crippen LogP contribution in [0.2, 0.25) is 0 Å². The molecule has 2 heteroatoms. The number of aromatic hydroxyl groups is 2. The molecule has 0 aromatic heterocycles. The van der Waals surface area contributed by atoms with Gasteiger partial charge in [0.05, 0.1) is 0 Å². The third-order valence-electron chi connectivity index (χ3n) is 5.15. The number of phenols is 2. The van der Waals surface area contributed by atoms with Gasteiger partial charge in [-0.05, 0) is 61.8 Å². The Kier molecular flexibility index (Phi) is 11.4. The molecule has 0 spiro atoms. The van der Waals surface area contributed by atoms with E-state index >= 15 is 0 Å². The Labute approximate surface area is 183 Å². The Morgan fingerprint density at radius 1 is 0.467 bits per heavy atom. The first-order valence-electron chi connectivity index (χ1n) is 11.0. The first-order valence-corrected chi connectivity index (χ1v) is 11.0. The molecule has 0 fully saturated rings. The second-order valence-electron chi connectivity index (χ2n) is 7.42. The lowest BCUT2D eigenvalue weighted by Gasteiger charge is -2.05. The minimum Gasteiger partial charge on any atom is -0.507 e. The SMILES string of the molecule is CCc1cccc(CC)c1O.CCc1cccc(CC)c1O.Cc1ccc(C)cc1. The second-order valence-corrected chi connectivity index (χ2v) is 7.42. The molecule has 0 radical (unpaired) electrons. The van der Waals surface area contributed by atoms with E-state index in [0.29, 0.717) is 11.5 Å². The van der Waals surface area contributed by atoms with Crippen LogP contribution >= 0.6 is 0 Å². The van der Waals surface area contributed by atoms with Crippen molar-refractivity contribution in [2.45, 2.75) is 67.2 Å². The number of para-hydroxylation sites is 2. The van der Waals surface area contributed by atoms with Gasteiger partial charge in [0.25, 0.3) is 0 Å². The first-order chi connectivity index (χ1) is 14.4. The molecule has 0 heterocycles. The Bertz CT molecular complexity index is 761. The summed E-state index contributed by atoms with van der Waals surface area (Å²) >= 11 is 0. The van der Waals surface area contributed by atoms with Gasteiger partial charge in [-0.1, -0.05) is 99.5 Å². The van der Waals surface area contributed by atoms with E-state index in [1.54, 1.807) is 0 Å². The van der Waals surface area contributed by atoms with Gasteiger partial charge in [-0.2, -0.15) is 0 Å². The summed E-state index contributed by atoms with van der Waals surface area (Å²) in [6.07, 6.45) is 3.61. The monoisotopic (exact) mass is 406 g/mol. The van der Waals surface area contributed by atoms with Gasteiger partial charge in [0.15, 0.2) is 0 Å². The van der Waals surface area contributed by atoms with E-state index in [0.717, 1.165) is 47.9 Å². The van der Waals surface area contributed by atoms with Crippen LogP contribution in [0.1, 0.15) is 61.1 Å². The molecule has 0 aliphatic heterocycles. The van der Waals surface area contributed by atoms with Crippen molar-refractivity contribution in [2.75, 3.05) is 0 Å². The Balaban J connectivity index is 0.000000228. The molecule has 2 N–H and O–H groups in total. The summed E-state index contributed by atoms with van der Waals surface area (Å²) in [6.45, 7) is 12.4. The fourth-order valence-corrected chi connectivity index (χ4v) is 3.07. The third-order valence-corrected chi connectivity index (χ3v) is 5.15. The van der Waals surface area contributed by atoms with Crippen LogP contribution in [0.5, 0.6) is 11.5 Å². The quantitative estimate of drug-likeness (QED) is 0.476. The summed E-state index contributed by atoms with van der Waals surface area (Å²) in [5.74, 6) is 0.968. The fourth-order valence-electron chi connectivity index (χ4n) is 3.07. The van der Waals surface area contributed by atoms with Crippen LogP contribution in [-0.2, 0) is 25.7 Å². The molecule has 0 saturated carbocycles. The van der Waals surface area contributed by atoms with Crippen LogP contribution in [0.3, 0.4) is 0 Å². The largest absolute Gasteiger partial charge is 0.507 e. The zero-order chi connectivity index (χ0) is 22.5. The maximum atomic E-state index is 9.59. The number of rotatable bonds is 4. The van der Waals surface area contributed by atoms with Gasteiger partial charge < -0.3 is 10.2 Å². The van der Waals surface area contributed by atoms with Crippen LogP contribution < -0.4 is 0 Å². The molecule has 0 atom stereocenters. The topological polar surface area (TPSA) is 40.5 Å². The van der Waals surface area contributed by atoms with Gasteiger partial charge in [0.2, 0.25) is 0 Å². The summed E-state index contributed by atoms with van der Waals surface area (Å²) in [6, 6.07) is 20.3. The molecule has 30 heavy (non-hydrogen) atoms. The van der Waals surface area contributed by atoms with Crippen molar-refractivity contribution in [1.82, 2.24) is 0 Å². The molecular weight excluding hydrogens is 368 g/mol. The number of benzene rings is 3. The molecular formula is C28H38O2. The van der Waals surface area contributed by atoms with Crippen molar-refractivity contribution in [2.24, 2.45) is 0 Å². The van der Waals surface area contributed by atoms with Crippen LogP contribution in [0.25, 0.3) is 0 Å². The van der Waals surface area contributed by atoms with E-state index in [1.807, 2.05) is 36.4 Å². The van der Waals surface area contributed by atoms with Crippen molar-refractivity contribution in [3.05, 3.63) is 94.0 Å². The van der Waals surface area contributed by atoms with E-state index in [1.165, 1.54) is 11.1 Å². The van der Waals surface area contributed by atoms with Gasteiger partial charge in [0, 0.05) is 0 Å². The van der Waals surface area contributed by atoms with E-state index < -0.39 is 0 Å². The smallest absolute Gasteiger partial charge is 0.121 e. The Morgan fingerprint density at radius 3 is 0.900 bits per heavy atom. The number of aryl methyl sites for hydroxylation is 6. The molecule has 3 aromatic carbocycles. The van der Waals surface area contributed by atoms with Crippen LogP contribution in [0.15, 0.2) is 60.7 Å². The molecule has 162 valence electrons. The highest BCUT2D eigenvalue weighted by molar-refractivity contribution is 5.40. The predicted octanol–water partition coefficient (Wildman–Crippen LogP) is 7.34. The summed E-state index contributed by atoms with van der Waals surface area (Å²) in [4.78, 5) is 0. The highest BCUT2D eigenvalue weighted by atomic mass is 16.3. The lowest BCUT2D eigenvalue weighted by Crippen LogP contribution is -1.86. The maximum absolute atomic E-state index is 9.59. The van der Waals surface area contributed by atoms with Crippen molar-refractivity contribution in [1.29, 1.82) is 0 Å². The molecule has 0 bridgehead atoms.